The lowest BCUT2D eigenvalue weighted by atomic mass is 10.4. The van der Waals surface area contributed by atoms with Crippen molar-refractivity contribution in [3.63, 3.8) is 0 Å². The second-order valence-corrected chi connectivity index (χ2v) is 3.45. The first kappa shape index (κ1) is 9.73. The van der Waals surface area contributed by atoms with E-state index in [4.69, 9.17) is 10.8 Å². The molecule has 0 spiro atoms. The molecule has 0 unspecified atom stereocenters. The Kier molecular flexibility index (Phi) is 3.02. The smallest absolute Gasteiger partial charge is 0.345 e. The predicted octanol–water partition coefficient (Wildman–Crippen LogP) is 1.47. The molecule has 1 heterocycles. The maximum atomic E-state index is 10.6. The van der Waals surface area contributed by atoms with Crippen LogP contribution in [0.5, 0.6) is 0 Å². The second kappa shape index (κ2) is 4.04. The van der Waals surface area contributed by atoms with Gasteiger partial charge < -0.3 is 10.8 Å². The van der Waals surface area contributed by atoms with E-state index in [-0.39, 0.29) is 4.88 Å². The maximum absolute atomic E-state index is 10.6. The van der Waals surface area contributed by atoms with Crippen molar-refractivity contribution in [2.24, 2.45) is 4.99 Å². The van der Waals surface area contributed by atoms with E-state index in [1.807, 2.05) is 6.92 Å². The molecule has 1 rings (SSSR count). The first-order valence-corrected chi connectivity index (χ1v) is 4.59. The highest BCUT2D eigenvalue weighted by Crippen LogP contribution is 2.22. The third kappa shape index (κ3) is 2.29. The molecule has 70 valence electrons. The fourth-order valence-corrected chi connectivity index (χ4v) is 1.61. The number of nitrogens with two attached hydrogens (primary N) is 1. The molecule has 3 N–H and O–H groups in total. The molecule has 13 heavy (non-hydrogen) atoms. The number of hydrogen-bond acceptors (Lipinski definition) is 4. The van der Waals surface area contributed by atoms with Crippen LogP contribution in [0, 0.1) is 0 Å². The SMILES string of the molecule is CCN=Cc1sc(C(=O)O)cc1N. The average molecular weight is 198 g/mol. The molecule has 0 saturated heterocycles. The van der Waals surface area contributed by atoms with E-state index in [2.05, 4.69) is 4.99 Å². The molecule has 0 bridgehead atoms. The Labute approximate surface area is 79.7 Å². The van der Waals surface area contributed by atoms with Crippen LogP contribution < -0.4 is 5.73 Å². The minimum atomic E-state index is -0.951. The molecule has 0 aliphatic heterocycles. The van der Waals surface area contributed by atoms with E-state index < -0.39 is 5.97 Å². The van der Waals surface area contributed by atoms with Crippen LogP contribution in [0.4, 0.5) is 5.69 Å². The summed E-state index contributed by atoms with van der Waals surface area (Å²) in [6.07, 6.45) is 1.60. The summed E-state index contributed by atoms with van der Waals surface area (Å²) in [5, 5.41) is 8.66. The Morgan fingerprint density at radius 1 is 1.85 bits per heavy atom. The largest absolute Gasteiger partial charge is 0.477 e. The summed E-state index contributed by atoms with van der Waals surface area (Å²) in [5.41, 5.74) is 6.05. The molecule has 1 aromatic rings. The average Bonchev–Trinajstić information content (AvgIpc) is 2.44. The molecule has 0 saturated carbocycles. The van der Waals surface area contributed by atoms with Crippen molar-refractivity contribution in [2.75, 3.05) is 12.3 Å². The van der Waals surface area contributed by atoms with Gasteiger partial charge in [0, 0.05) is 12.8 Å². The monoisotopic (exact) mass is 198 g/mol. The third-order valence-corrected chi connectivity index (χ3v) is 2.47. The van der Waals surface area contributed by atoms with E-state index >= 15 is 0 Å². The van der Waals surface area contributed by atoms with Crippen LogP contribution in [0.1, 0.15) is 21.5 Å². The predicted molar refractivity (Wildman–Crippen MR) is 53.8 cm³/mol. The quantitative estimate of drug-likeness (QED) is 0.722. The summed E-state index contributed by atoms with van der Waals surface area (Å²) in [4.78, 5) is 15.5. The van der Waals surface area contributed by atoms with Crippen molar-refractivity contribution in [3.8, 4) is 0 Å². The topological polar surface area (TPSA) is 75.7 Å². The zero-order chi connectivity index (χ0) is 9.84. The molecule has 0 aromatic carbocycles. The van der Waals surface area contributed by atoms with E-state index in [1.165, 1.54) is 6.07 Å². The van der Waals surface area contributed by atoms with Crippen LogP contribution >= 0.6 is 11.3 Å². The molecule has 0 aliphatic rings. The Balaban J connectivity index is 2.96. The summed E-state index contributed by atoms with van der Waals surface area (Å²) < 4.78 is 0. The Morgan fingerprint density at radius 2 is 2.54 bits per heavy atom. The fraction of sp³-hybridized carbons (Fsp3) is 0.250. The van der Waals surface area contributed by atoms with Crippen molar-refractivity contribution in [3.05, 3.63) is 15.8 Å². The molecule has 4 nitrogen and oxygen atoms in total. The first-order valence-electron chi connectivity index (χ1n) is 3.77. The standard InChI is InChI=1S/C8H10N2O2S/c1-2-10-4-7-5(9)3-6(13-7)8(11)12/h3-4H,2,9H2,1H3,(H,11,12). The highest BCUT2D eigenvalue weighted by molar-refractivity contribution is 7.16. The van der Waals surface area contributed by atoms with Crippen LogP contribution in [-0.2, 0) is 0 Å². The highest BCUT2D eigenvalue weighted by atomic mass is 32.1. The van der Waals surface area contributed by atoms with Gasteiger partial charge >= 0.3 is 5.97 Å². The summed E-state index contributed by atoms with van der Waals surface area (Å²) in [6.45, 7) is 2.57. The third-order valence-electron chi connectivity index (χ3n) is 1.39. The van der Waals surface area contributed by atoms with Gasteiger partial charge in [-0.15, -0.1) is 11.3 Å². The van der Waals surface area contributed by atoms with Crippen LogP contribution in [0.15, 0.2) is 11.1 Å². The summed E-state index contributed by atoms with van der Waals surface area (Å²) >= 11 is 1.13. The van der Waals surface area contributed by atoms with Gasteiger partial charge in [-0.05, 0) is 13.0 Å². The van der Waals surface area contributed by atoms with Gasteiger partial charge in [-0.1, -0.05) is 0 Å². The lowest BCUT2D eigenvalue weighted by molar-refractivity contribution is 0.0702. The number of hydrogen-bond donors (Lipinski definition) is 2. The molecule has 0 radical (unpaired) electrons. The van der Waals surface area contributed by atoms with Crippen LogP contribution in [0.2, 0.25) is 0 Å². The molecule has 0 aliphatic carbocycles. The summed E-state index contributed by atoms with van der Waals surface area (Å²) in [6, 6.07) is 1.45. The molecule has 0 atom stereocenters. The van der Waals surface area contributed by atoms with Gasteiger partial charge in [0.15, 0.2) is 0 Å². The van der Waals surface area contributed by atoms with Crippen molar-refractivity contribution < 1.29 is 9.90 Å². The van der Waals surface area contributed by atoms with Gasteiger partial charge in [0.1, 0.15) is 4.88 Å². The molecule has 5 heteroatoms. The lowest BCUT2D eigenvalue weighted by Gasteiger charge is -1.86. The first-order chi connectivity index (χ1) is 6.15. The van der Waals surface area contributed by atoms with Crippen LogP contribution in [0.25, 0.3) is 0 Å². The van der Waals surface area contributed by atoms with Crippen LogP contribution in [0.3, 0.4) is 0 Å². The highest BCUT2D eigenvalue weighted by Gasteiger charge is 2.09. The van der Waals surface area contributed by atoms with Gasteiger partial charge in [0.2, 0.25) is 0 Å². The zero-order valence-corrected chi connectivity index (χ0v) is 7.97. The molecule has 0 amide bonds. The summed E-state index contributed by atoms with van der Waals surface area (Å²) in [7, 11) is 0. The lowest BCUT2D eigenvalue weighted by Crippen LogP contribution is -1.90. The van der Waals surface area contributed by atoms with Crippen molar-refractivity contribution in [1.82, 2.24) is 0 Å². The Morgan fingerprint density at radius 3 is 3.00 bits per heavy atom. The van der Waals surface area contributed by atoms with Gasteiger partial charge in [-0.2, -0.15) is 0 Å². The second-order valence-electron chi connectivity index (χ2n) is 2.36. The number of carboxylic acid groups (broad SMARTS) is 1. The number of thiophene rings is 1. The number of nitrogens with zero attached hydrogens (tertiary/aromatic N) is 1. The van der Waals surface area contributed by atoms with Crippen molar-refractivity contribution in [2.45, 2.75) is 6.92 Å². The fourth-order valence-electron chi connectivity index (χ4n) is 0.800. The minimum Gasteiger partial charge on any atom is -0.477 e. The normalized spacial score (nSPS) is 10.8. The number of anilines is 1. The number of carbonyl (C=O) groups is 1. The molecular formula is C8H10N2O2S. The summed E-state index contributed by atoms with van der Waals surface area (Å²) in [5.74, 6) is -0.951. The zero-order valence-electron chi connectivity index (χ0n) is 7.15. The van der Waals surface area contributed by atoms with Crippen molar-refractivity contribution in [1.29, 1.82) is 0 Å². The van der Waals surface area contributed by atoms with E-state index in [9.17, 15) is 4.79 Å². The number of aromatic carboxylic acids is 1. The molecule has 1 aromatic heterocycles. The number of aliphatic imine (C=N–C) groups is 1. The van der Waals surface area contributed by atoms with Crippen LogP contribution in [-0.4, -0.2) is 23.8 Å². The Hall–Kier alpha value is -1.36. The maximum Gasteiger partial charge on any atom is 0.345 e. The number of carboxylic acids is 1. The number of rotatable bonds is 3. The minimum absolute atomic E-state index is 0.245. The molecule has 0 fully saturated rings. The Bertz CT molecular complexity index is 344. The van der Waals surface area contributed by atoms with E-state index in [0.717, 1.165) is 11.3 Å². The number of nitrogen functional groups attached to an aromatic ring is 1. The van der Waals surface area contributed by atoms with Gasteiger partial charge in [-0.3, -0.25) is 4.99 Å². The van der Waals surface area contributed by atoms with E-state index in [1.54, 1.807) is 6.21 Å². The van der Waals surface area contributed by atoms with Gasteiger partial charge in [0.25, 0.3) is 0 Å². The van der Waals surface area contributed by atoms with Crippen molar-refractivity contribution >= 4 is 29.2 Å². The van der Waals surface area contributed by atoms with Gasteiger partial charge in [-0.25, -0.2) is 4.79 Å². The van der Waals surface area contributed by atoms with Gasteiger partial charge in [0.05, 0.1) is 10.6 Å². The molecular weight excluding hydrogens is 188 g/mol. The van der Waals surface area contributed by atoms with E-state index in [0.29, 0.717) is 17.1 Å².